The van der Waals surface area contributed by atoms with E-state index in [-0.39, 0.29) is 12.1 Å². The molecule has 43 heavy (non-hydrogen) atoms. The van der Waals surface area contributed by atoms with Crippen molar-refractivity contribution >= 4 is 11.9 Å². The molecular weight excluding hydrogens is 532 g/mol. The van der Waals surface area contributed by atoms with E-state index in [2.05, 4.69) is 50.3 Å². The van der Waals surface area contributed by atoms with Gasteiger partial charge in [0.1, 0.15) is 6.10 Å². The van der Waals surface area contributed by atoms with Crippen LogP contribution in [0.15, 0.2) is 36.5 Å². The van der Waals surface area contributed by atoms with E-state index in [1.165, 1.54) is 103 Å². The number of rotatable bonds is 33. The van der Waals surface area contributed by atoms with Gasteiger partial charge < -0.3 is 9.84 Å². The van der Waals surface area contributed by atoms with Crippen molar-refractivity contribution in [3.8, 4) is 0 Å². The van der Waals surface area contributed by atoms with Gasteiger partial charge in [0.05, 0.1) is 0 Å². The Labute approximate surface area is 267 Å². The molecule has 250 valence electrons. The van der Waals surface area contributed by atoms with E-state index in [1.807, 2.05) is 0 Å². The summed E-state index contributed by atoms with van der Waals surface area (Å²) in [6.45, 7) is 4.42. The molecule has 4 heteroatoms. The maximum atomic E-state index is 12.4. The Morgan fingerprint density at radius 3 is 1.49 bits per heavy atom. The predicted octanol–water partition coefficient (Wildman–Crippen LogP) is 12.6. The zero-order valence-electron chi connectivity index (χ0n) is 28.5. The summed E-state index contributed by atoms with van der Waals surface area (Å²) in [6, 6.07) is 0. The third kappa shape index (κ3) is 34.5. The van der Waals surface area contributed by atoms with E-state index in [0.717, 1.165) is 64.2 Å². The largest absolute Gasteiger partial charge is 0.481 e. The van der Waals surface area contributed by atoms with E-state index in [0.29, 0.717) is 12.8 Å². The fraction of sp³-hybridized carbons (Fsp3) is 0.795. The highest BCUT2D eigenvalue weighted by atomic mass is 16.5. The lowest BCUT2D eigenvalue weighted by Crippen LogP contribution is -2.18. The van der Waals surface area contributed by atoms with Crippen molar-refractivity contribution in [2.24, 2.45) is 0 Å². The number of aliphatic carboxylic acids is 1. The molecule has 1 N–H and O–H groups in total. The average Bonchev–Trinajstić information content (AvgIpc) is 2.98. The molecule has 0 bridgehead atoms. The van der Waals surface area contributed by atoms with Gasteiger partial charge in [-0.3, -0.25) is 9.59 Å². The van der Waals surface area contributed by atoms with Crippen molar-refractivity contribution in [2.75, 3.05) is 0 Å². The number of hydrogen-bond donors (Lipinski definition) is 1. The number of carbonyl (C=O) groups excluding carboxylic acids is 1. The van der Waals surface area contributed by atoms with Crippen LogP contribution in [-0.4, -0.2) is 23.1 Å². The maximum Gasteiger partial charge on any atom is 0.306 e. The van der Waals surface area contributed by atoms with Crippen LogP contribution in [-0.2, 0) is 14.3 Å². The highest BCUT2D eigenvalue weighted by Gasteiger charge is 2.13. The summed E-state index contributed by atoms with van der Waals surface area (Å²) in [5.41, 5.74) is 0. The highest BCUT2D eigenvalue weighted by Crippen LogP contribution is 2.17. The Balaban J connectivity index is 3.58. The van der Waals surface area contributed by atoms with E-state index >= 15 is 0 Å². The zero-order valence-corrected chi connectivity index (χ0v) is 28.5. The molecule has 0 spiro atoms. The van der Waals surface area contributed by atoms with Gasteiger partial charge in [-0.1, -0.05) is 127 Å². The summed E-state index contributed by atoms with van der Waals surface area (Å²) in [5.74, 6) is -0.693. The van der Waals surface area contributed by atoms with Crippen LogP contribution in [0.4, 0.5) is 0 Å². The zero-order chi connectivity index (χ0) is 31.5. The summed E-state index contributed by atoms with van der Waals surface area (Å²) >= 11 is 0. The number of hydrogen-bond acceptors (Lipinski definition) is 3. The van der Waals surface area contributed by atoms with Crippen molar-refractivity contribution < 1.29 is 19.4 Å². The molecule has 0 fully saturated rings. The molecule has 0 heterocycles. The Morgan fingerprint density at radius 1 is 0.512 bits per heavy atom. The first-order valence-electron chi connectivity index (χ1n) is 18.5. The van der Waals surface area contributed by atoms with Gasteiger partial charge in [-0.25, -0.2) is 0 Å². The Hall–Kier alpha value is -1.84. The molecule has 4 nitrogen and oxygen atoms in total. The summed E-state index contributed by atoms with van der Waals surface area (Å²) < 4.78 is 5.82. The van der Waals surface area contributed by atoms with Gasteiger partial charge in [-0.05, 0) is 89.9 Å². The van der Waals surface area contributed by atoms with Gasteiger partial charge in [0.25, 0.3) is 0 Å². The third-order valence-electron chi connectivity index (χ3n) is 8.07. The second kappa shape index (κ2) is 34.6. The first-order valence-corrected chi connectivity index (χ1v) is 18.5. The Kier molecular flexibility index (Phi) is 33.2. The summed E-state index contributed by atoms with van der Waals surface area (Å²) in [5, 5.41) is 8.67. The van der Waals surface area contributed by atoms with Gasteiger partial charge in [0.15, 0.2) is 0 Å². The standard InChI is InChI=1S/C39H70O4/c1-3-5-6-7-8-9-10-11-12-13-14-15-16-17-18-19-20-21-26-29-32-36-39(42)43-37(33-4-2)34-30-27-24-22-23-25-28-31-35-38(40)41/h8-9,11-12,17-18,37H,3-7,10,13-16,19-36H2,1-2H3,(H,40,41)/b9-8-,12-11-,18-17-. The minimum absolute atomic E-state index is 0.00660. The number of ether oxygens (including phenoxy) is 1. The molecule has 0 saturated carbocycles. The molecule has 0 aromatic carbocycles. The lowest BCUT2D eigenvalue weighted by Gasteiger charge is -2.17. The molecule has 0 rings (SSSR count). The van der Waals surface area contributed by atoms with Crippen molar-refractivity contribution in [3.63, 3.8) is 0 Å². The average molecular weight is 603 g/mol. The van der Waals surface area contributed by atoms with Gasteiger partial charge in [0, 0.05) is 12.8 Å². The molecular formula is C39H70O4. The number of carbonyl (C=O) groups is 2. The Bertz CT molecular complexity index is 693. The van der Waals surface area contributed by atoms with Crippen molar-refractivity contribution in [2.45, 2.75) is 200 Å². The van der Waals surface area contributed by atoms with E-state index < -0.39 is 5.97 Å². The molecule has 0 amide bonds. The van der Waals surface area contributed by atoms with E-state index in [4.69, 9.17) is 9.84 Å². The molecule has 1 atom stereocenters. The highest BCUT2D eigenvalue weighted by molar-refractivity contribution is 5.69. The molecule has 0 radical (unpaired) electrons. The number of carboxylic acid groups (broad SMARTS) is 1. The molecule has 0 aromatic heterocycles. The molecule has 0 aliphatic rings. The minimum atomic E-state index is -0.686. The van der Waals surface area contributed by atoms with E-state index in [9.17, 15) is 9.59 Å². The van der Waals surface area contributed by atoms with Crippen LogP contribution in [0.3, 0.4) is 0 Å². The Morgan fingerprint density at radius 2 is 0.953 bits per heavy atom. The number of allylic oxidation sites excluding steroid dienone is 6. The van der Waals surface area contributed by atoms with Gasteiger partial charge in [-0.15, -0.1) is 0 Å². The van der Waals surface area contributed by atoms with Gasteiger partial charge in [0.2, 0.25) is 0 Å². The van der Waals surface area contributed by atoms with Crippen molar-refractivity contribution in [3.05, 3.63) is 36.5 Å². The maximum absolute atomic E-state index is 12.4. The smallest absolute Gasteiger partial charge is 0.306 e. The number of carboxylic acids is 1. The predicted molar refractivity (Wildman–Crippen MR) is 186 cm³/mol. The number of unbranched alkanes of at least 4 members (excludes halogenated alkanes) is 18. The lowest BCUT2D eigenvalue weighted by atomic mass is 10.0. The van der Waals surface area contributed by atoms with E-state index in [1.54, 1.807) is 0 Å². The fourth-order valence-electron chi connectivity index (χ4n) is 5.38. The van der Waals surface area contributed by atoms with Crippen molar-refractivity contribution in [1.29, 1.82) is 0 Å². The second-order valence-electron chi connectivity index (χ2n) is 12.4. The SMILES string of the molecule is CCCCC/C=C\C/C=C\CCCC/C=C\CCCCCCCC(=O)OC(CCC)CCCCCCCCCCC(=O)O. The quantitative estimate of drug-likeness (QED) is 0.0461. The third-order valence-corrected chi connectivity index (χ3v) is 8.07. The van der Waals surface area contributed by atoms with Crippen LogP contribution >= 0.6 is 0 Å². The lowest BCUT2D eigenvalue weighted by molar-refractivity contribution is -0.150. The second-order valence-corrected chi connectivity index (χ2v) is 12.4. The summed E-state index contributed by atoms with van der Waals surface area (Å²) in [4.78, 5) is 22.9. The first-order chi connectivity index (χ1) is 21.1. The molecule has 0 aromatic rings. The minimum Gasteiger partial charge on any atom is -0.481 e. The summed E-state index contributed by atoms with van der Waals surface area (Å²) in [6.07, 6.45) is 45.1. The molecule has 1 unspecified atom stereocenters. The molecule has 0 aliphatic carbocycles. The van der Waals surface area contributed by atoms with Crippen LogP contribution in [0.1, 0.15) is 194 Å². The molecule has 0 saturated heterocycles. The molecule has 0 aliphatic heterocycles. The number of esters is 1. The van der Waals surface area contributed by atoms with Crippen LogP contribution < -0.4 is 0 Å². The monoisotopic (exact) mass is 603 g/mol. The summed E-state index contributed by atoms with van der Waals surface area (Å²) in [7, 11) is 0. The van der Waals surface area contributed by atoms with Crippen LogP contribution in [0.2, 0.25) is 0 Å². The van der Waals surface area contributed by atoms with Crippen LogP contribution in [0, 0.1) is 0 Å². The van der Waals surface area contributed by atoms with Gasteiger partial charge >= 0.3 is 11.9 Å². The normalized spacial score (nSPS) is 12.6. The topological polar surface area (TPSA) is 63.6 Å². The fourth-order valence-corrected chi connectivity index (χ4v) is 5.38. The first kappa shape index (κ1) is 41.2. The van der Waals surface area contributed by atoms with Crippen molar-refractivity contribution in [1.82, 2.24) is 0 Å². The van der Waals surface area contributed by atoms with Gasteiger partial charge in [-0.2, -0.15) is 0 Å². The van der Waals surface area contributed by atoms with Crippen LogP contribution in [0.25, 0.3) is 0 Å². The van der Waals surface area contributed by atoms with Crippen LogP contribution in [0.5, 0.6) is 0 Å².